The lowest BCUT2D eigenvalue weighted by atomic mass is 9.86. The first-order chi connectivity index (χ1) is 4.00. The van der Waals surface area contributed by atoms with Crippen LogP contribution >= 0.6 is 0 Å². The van der Waals surface area contributed by atoms with Crippen molar-refractivity contribution in [2.75, 3.05) is 0 Å². The average Bonchev–Trinajstić information content (AvgIpc) is 1.65. The van der Waals surface area contributed by atoms with Gasteiger partial charge in [-0.1, -0.05) is 32.6 Å². The van der Waals surface area contributed by atoms with Crippen LogP contribution in [0, 0.1) is 5.41 Å². The molecule has 0 radical (unpaired) electrons. The zero-order chi connectivity index (χ0) is 7.49. The van der Waals surface area contributed by atoms with E-state index in [0.29, 0.717) is 0 Å². The smallest absolute Gasteiger partial charge is 0.0104 e. The van der Waals surface area contributed by atoms with Gasteiger partial charge in [0.1, 0.15) is 0 Å². The normalized spacial score (nSPS) is 10.1. The highest BCUT2D eigenvalue weighted by molar-refractivity contribution is 5.12. The molecule has 9 heavy (non-hydrogen) atoms. The van der Waals surface area contributed by atoms with Crippen molar-refractivity contribution in [3.63, 3.8) is 0 Å². The van der Waals surface area contributed by atoms with Crippen molar-refractivity contribution in [1.29, 1.82) is 0 Å². The summed E-state index contributed by atoms with van der Waals surface area (Å²) in [5, 5.41) is 0. The van der Waals surface area contributed by atoms with Gasteiger partial charge >= 0.3 is 0 Å². The van der Waals surface area contributed by atoms with Gasteiger partial charge in [0.2, 0.25) is 0 Å². The summed E-state index contributed by atoms with van der Waals surface area (Å²) in [5.41, 5.74) is 3.95. The van der Waals surface area contributed by atoms with E-state index in [1.807, 2.05) is 13.0 Å². The summed E-state index contributed by atoms with van der Waals surface area (Å²) in [6.45, 7) is 13.5. The molecule has 0 fully saturated rings. The molecule has 0 aromatic carbocycles. The highest BCUT2D eigenvalue weighted by Gasteiger charge is 2.12. The van der Waals surface area contributed by atoms with Crippen LogP contribution in [0.5, 0.6) is 0 Å². The van der Waals surface area contributed by atoms with E-state index in [9.17, 15) is 0 Å². The van der Waals surface area contributed by atoms with Crippen molar-refractivity contribution in [2.45, 2.75) is 20.8 Å². The molecule has 0 aliphatic carbocycles. The molecule has 0 N–H and O–H groups in total. The lowest BCUT2D eigenvalue weighted by Gasteiger charge is -2.18. The second-order valence-corrected chi connectivity index (χ2v) is 2.85. The fourth-order valence-electron chi connectivity index (χ4n) is 0.378. The van der Waals surface area contributed by atoms with E-state index in [-0.39, 0.29) is 5.41 Å². The van der Waals surface area contributed by atoms with Crippen LogP contribution in [0.3, 0.4) is 0 Å². The van der Waals surface area contributed by atoms with Crippen LogP contribution in [0.1, 0.15) is 20.8 Å². The lowest BCUT2D eigenvalue weighted by Crippen LogP contribution is -2.06. The summed E-state index contributed by atoms with van der Waals surface area (Å²) < 4.78 is 0. The summed E-state index contributed by atoms with van der Waals surface area (Å²) in [5.74, 6) is 0. The maximum Gasteiger partial charge on any atom is 0.0104 e. The van der Waals surface area contributed by atoms with Gasteiger partial charge in [0.15, 0.2) is 0 Å². The Morgan fingerprint density at radius 3 is 2.11 bits per heavy atom. The standard InChI is InChI=1S/C9H14/c1-6-7-9(4,5)8(2)3/h7H,1-2H2,3-5H3. The van der Waals surface area contributed by atoms with Crippen molar-refractivity contribution < 1.29 is 0 Å². The second-order valence-electron chi connectivity index (χ2n) is 2.85. The SMILES string of the molecule is C=C=CC(C)(C)C(=C)C. The van der Waals surface area contributed by atoms with Gasteiger partial charge in [0, 0.05) is 5.41 Å². The van der Waals surface area contributed by atoms with Crippen LogP contribution in [-0.2, 0) is 0 Å². The van der Waals surface area contributed by atoms with Crippen LogP contribution in [0.4, 0.5) is 0 Å². The van der Waals surface area contributed by atoms with E-state index in [1.54, 1.807) is 0 Å². The highest BCUT2D eigenvalue weighted by atomic mass is 14.2. The van der Waals surface area contributed by atoms with E-state index in [2.05, 4.69) is 32.7 Å². The van der Waals surface area contributed by atoms with Crippen molar-refractivity contribution in [3.8, 4) is 0 Å². The second kappa shape index (κ2) is 2.70. The quantitative estimate of drug-likeness (QED) is 0.390. The van der Waals surface area contributed by atoms with Crippen LogP contribution in [-0.4, -0.2) is 0 Å². The van der Waals surface area contributed by atoms with Crippen molar-refractivity contribution >= 4 is 0 Å². The van der Waals surface area contributed by atoms with Crippen molar-refractivity contribution in [3.05, 3.63) is 30.5 Å². The molecule has 0 heteroatoms. The Kier molecular flexibility index (Phi) is 2.48. The van der Waals surface area contributed by atoms with Gasteiger partial charge in [-0.3, -0.25) is 0 Å². The molecule has 0 spiro atoms. The summed E-state index contributed by atoms with van der Waals surface area (Å²) in [4.78, 5) is 0. The number of hydrogen-bond donors (Lipinski definition) is 0. The van der Waals surface area contributed by atoms with Gasteiger partial charge in [-0.25, -0.2) is 0 Å². The monoisotopic (exact) mass is 122 g/mol. The molecule has 0 aromatic heterocycles. The van der Waals surface area contributed by atoms with E-state index >= 15 is 0 Å². The Morgan fingerprint density at radius 1 is 1.56 bits per heavy atom. The molecule has 0 atom stereocenters. The van der Waals surface area contributed by atoms with Crippen molar-refractivity contribution in [2.24, 2.45) is 5.41 Å². The first-order valence-electron chi connectivity index (χ1n) is 3.03. The largest absolute Gasteiger partial charge is 0.132 e. The summed E-state index contributed by atoms with van der Waals surface area (Å²) >= 11 is 0. The molecule has 0 amide bonds. The van der Waals surface area contributed by atoms with E-state index in [1.165, 1.54) is 0 Å². The van der Waals surface area contributed by atoms with Gasteiger partial charge in [-0.15, -0.1) is 5.73 Å². The first kappa shape index (κ1) is 8.26. The molecule has 50 valence electrons. The summed E-state index contributed by atoms with van der Waals surface area (Å²) in [6, 6.07) is 0. The Labute approximate surface area is 57.6 Å². The minimum atomic E-state index is 0.0573. The Morgan fingerprint density at radius 2 is 2.00 bits per heavy atom. The van der Waals surface area contributed by atoms with E-state index in [0.717, 1.165) is 5.57 Å². The third kappa shape index (κ3) is 2.34. The van der Waals surface area contributed by atoms with Gasteiger partial charge in [0.25, 0.3) is 0 Å². The van der Waals surface area contributed by atoms with Crippen LogP contribution in [0.2, 0.25) is 0 Å². The topological polar surface area (TPSA) is 0 Å². The molecule has 0 rings (SSSR count). The van der Waals surface area contributed by atoms with Gasteiger partial charge in [-0.05, 0) is 13.0 Å². The van der Waals surface area contributed by atoms with Gasteiger partial charge < -0.3 is 0 Å². The van der Waals surface area contributed by atoms with E-state index in [4.69, 9.17) is 0 Å². The molecule has 0 aliphatic heterocycles. The predicted octanol–water partition coefficient (Wildman–Crippen LogP) is 2.93. The van der Waals surface area contributed by atoms with E-state index < -0.39 is 0 Å². The molecular weight excluding hydrogens is 108 g/mol. The minimum Gasteiger partial charge on any atom is -0.132 e. The predicted molar refractivity (Wildman–Crippen MR) is 42.3 cm³/mol. The van der Waals surface area contributed by atoms with Gasteiger partial charge in [0.05, 0.1) is 0 Å². The fourth-order valence-corrected chi connectivity index (χ4v) is 0.378. The zero-order valence-electron chi connectivity index (χ0n) is 6.49. The average molecular weight is 122 g/mol. The molecule has 0 aromatic rings. The molecule has 0 saturated heterocycles. The molecule has 0 nitrogen and oxygen atoms in total. The first-order valence-corrected chi connectivity index (χ1v) is 3.03. The van der Waals surface area contributed by atoms with Crippen LogP contribution in [0.15, 0.2) is 30.5 Å². The molecule has 0 heterocycles. The molecular formula is C9H14. The Bertz CT molecular complexity index is 151. The summed E-state index contributed by atoms with van der Waals surface area (Å²) in [6.07, 6.45) is 1.93. The number of rotatable bonds is 2. The zero-order valence-corrected chi connectivity index (χ0v) is 6.49. The molecule has 0 unspecified atom stereocenters. The maximum atomic E-state index is 3.85. The Balaban J connectivity index is 4.37. The highest BCUT2D eigenvalue weighted by Crippen LogP contribution is 2.24. The summed E-state index contributed by atoms with van der Waals surface area (Å²) in [7, 11) is 0. The van der Waals surface area contributed by atoms with Gasteiger partial charge in [-0.2, -0.15) is 0 Å². The number of hydrogen-bond acceptors (Lipinski definition) is 0. The van der Waals surface area contributed by atoms with Crippen LogP contribution in [0.25, 0.3) is 0 Å². The van der Waals surface area contributed by atoms with Crippen molar-refractivity contribution in [1.82, 2.24) is 0 Å². The molecule has 0 bridgehead atoms. The molecule has 0 aliphatic rings. The minimum absolute atomic E-state index is 0.0573. The molecule has 0 saturated carbocycles. The Hall–Kier alpha value is -0.740. The fraction of sp³-hybridized carbons (Fsp3) is 0.444. The maximum absolute atomic E-state index is 3.85. The lowest BCUT2D eigenvalue weighted by molar-refractivity contribution is 0.583. The third-order valence-electron chi connectivity index (χ3n) is 1.56. The number of allylic oxidation sites excluding steroid dienone is 2. The van der Waals surface area contributed by atoms with Crippen LogP contribution < -0.4 is 0 Å². The third-order valence-corrected chi connectivity index (χ3v) is 1.56.